The summed E-state index contributed by atoms with van der Waals surface area (Å²) in [6.45, 7) is 5.85. The van der Waals surface area contributed by atoms with E-state index in [4.69, 9.17) is 4.74 Å². The average Bonchev–Trinajstić information content (AvgIpc) is 2.72. The van der Waals surface area contributed by atoms with Crippen molar-refractivity contribution in [3.8, 4) is 0 Å². The Morgan fingerprint density at radius 1 is 1.09 bits per heavy atom. The van der Waals surface area contributed by atoms with Crippen LogP contribution in [0.4, 0.5) is 0 Å². The van der Waals surface area contributed by atoms with Gasteiger partial charge in [0.2, 0.25) is 0 Å². The normalized spacial score (nSPS) is 28.1. The standard InChI is InChI=1S/C16H24N2O3S/c1-13-12-21-14(2)11-18(13)22(19,20)17-9-7-15-5-3-4-6-16(15)8-10-17/h3-6,13-14H,7-12H2,1-2H3/t13-,14+/m1/s1. The highest BCUT2D eigenvalue weighted by molar-refractivity contribution is 7.86. The minimum atomic E-state index is -3.42. The van der Waals surface area contributed by atoms with E-state index in [0.717, 1.165) is 12.8 Å². The van der Waals surface area contributed by atoms with Gasteiger partial charge in [0.1, 0.15) is 0 Å². The van der Waals surface area contributed by atoms with Crippen LogP contribution in [0.25, 0.3) is 0 Å². The SMILES string of the molecule is C[C@@H]1CO[C@@H](C)CN1S(=O)(=O)N1CCc2ccccc2CC1. The summed E-state index contributed by atoms with van der Waals surface area (Å²) in [5, 5.41) is 0. The number of ether oxygens (including phenoxy) is 1. The summed E-state index contributed by atoms with van der Waals surface area (Å²) < 4.78 is 34.8. The molecule has 0 bridgehead atoms. The number of hydrogen-bond acceptors (Lipinski definition) is 3. The second-order valence-corrected chi connectivity index (χ2v) is 8.12. The summed E-state index contributed by atoms with van der Waals surface area (Å²) in [5.41, 5.74) is 2.53. The van der Waals surface area contributed by atoms with E-state index in [0.29, 0.717) is 26.2 Å². The number of rotatable bonds is 2. The lowest BCUT2D eigenvalue weighted by molar-refractivity contribution is -0.0190. The zero-order valence-electron chi connectivity index (χ0n) is 13.2. The Kier molecular flexibility index (Phi) is 4.54. The number of hydrogen-bond donors (Lipinski definition) is 0. The maximum atomic E-state index is 13.0. The zero-order valence-corrected chi connectivity index (χ0v) is 14.1. The predicted molar refractivity (Wildman–Crippen MR) is 85.9 cm³/mol. The molecule has 2 aliphatic heterocycles. The lowest BCUT2D eigenvalue weighted by Crippen LogP contribution is -2.55. The van der Waals surface area contributed by atoms with Gasteiger partial charge in [-0.25, -0.2) is 0 Å². The van der Waals surface area contributed by atoms with E-state index in [9.17, 15) is 8.42 Å². The summed E-state index contributed by atoms with van der Waals surface area (Å²) in [6.07, 6.45) is 1.52. The quantitative estimate of drug-likeness (QED) is 0.827. The van der Waals surface area contributed by atoms with Gasteiger partial charge in [0.15, 0.2) is 0 Å². The zero-order chi connectivity index (χ0) is 15.7. The fraction of sp³-hybridized carbons (Fsp3) is 0.625. The molecule has 22 heavy (non-hydrogen) atoms. The Bertz CT molecular complexity index is 605. The molecule has 0 radical (unpaired) electrons. The molecule has 2 atom stereocenters. The van der Waals surface area contributed by atoms with Crippen molar-refractivity contribution >= 4 is 10.2 Å². The fourth-order valence-corrected chi connectivity index (χ4v) is 5.08. The second kappa shape index (κ2) is 6.28. The highest BCUT2D eigenvalue weighted by Gasteiger charge is 2.37. The third kappa shape index (κ3) is 3.06. The Labute approximate surface area is 133 Å². The monoisotopic (exact) mass is 324 g/mol. The molecule has 0 unspecified atom stereocenters. The Morgan fingerprint density at radius 2 is 1.68 bits per heavy atom. The molecule has 2 aliphatic rings. The molecular weight excluding hydrogens is 300 g/mol. The van der Waals surface area contributed by atoms with Crippen LogP contribution in [-0.4, -0.2) is 55.4 Å². The first kappa shape index (κ1) is 15.9. The van der Waals surface area contributed by atoms with E-state index in [-0.39, 0.29) is 12.1 Å². The van der Waals surface area contributed by atoms with Gasteiger partial charge in [0, 0.05) is 25.7 Å². The maximum absolute atomic E-state index is 13.0. The van der Waals surface area contributed by atoms with E-state index in [1.807, 2.05) is 26.0 Å². The summed E-state index contributed by atoms with van der Waals surface area (Å²) in [7, 11) is -3.42. The van der Waals surface area contributed by atoms with E-state index >= 15 is 0 Å². The van der Waals surface area contributed by atoms with Crippen LogP contribution in [0.2, 0.25) is 0 Å². The van der Waals surface area contributed by atoms with Gasteiger partial charge in [-0.1, -0.05) is 24.3 Å². The molecule has 0 aliphatic carbocycles. The number of benzene rings is 1. The minimum absolute atomic E-state index is 0.0462. The van der Waals surface area contributed by atoms with Crippen molar-refractivity contribution in [2.75, 3.05) is 26.2 Å². The lowest BCUT2D eigenvalue weighted by Gasteiger charge is -2.38. The Morgan fingerprint density at radius 3 is 2.27 bits per heavy atom. The van der Waals surface area contributed by atoms with Gasteiger partial charge in [-0.05, 0) is 37.8 Å². The molecule has 6 heteroatoms. The smallest absolute Gasteiger partial charge is 0.282 e. The van der Waals surface area contributed by atoms with Crippen molar-refractivity contribution < 1.29 is 13.2 Å². The number of fused-ring (bicyclic) bond motifs is 1. The van der Waals surface area contributed by atoms with Crippen molar-refractivity contribution in [2.45, 2.75) is 38.8 Å². The molecule has 1 fully saturated rings. The fourth-order valence-electron chi connectivity index (χ4n) is 3.22. The third-order valence-corrected chi connectivity index (χ3v) is 6.67. The lowest BCUT2D eigenvalue weighted by atomic mass is 10.0. The van der Waals surface area contributed by atoms with E-state index in [1.54, 1.807) is 8.61 Å². The first-order valence-corrected chi connectivity index (χ1v) is 9.33. The van der Waals surface area contributed by atoms with E-state index in [2.05, 4.69) is 12.1 Å². The molecule has 0 amide bonds. The van der Waals surface area contributed by atoms with Crippen LogP contribution in [0.5, 0.6) is 0 Å². The highest BCUT2D eigenvalue weighted by atomic mass is 32.2. The predicted octanol–water partition coefficient (Wildman–Crippen LogP) is 1.44. The third-order valence-electron chi connectivity index (χ3n) is 4.55. The molecule has 0 N–H and O–H groups in total. The summed E-state index contributed by atoms with van der Waals surface area (Å²) in [5.74, 6) is 0. The first-order valence-electron chi connectivity index (χ1n) is 7.94. The molecule has 0 saturated carbocycles. The van der Waals surface area contributed by atoms with Crippen LogP contribution in [0, 0.1) is 0 Å². The van der Waals surface area contributed by atoms with Gasteiger partial charge in [0.05, 0.1) is 12.7 Å². The van der Waals surface area contributed by atoms with E-state index < -0.39 is 10.2 Å². The van der Waals surface area contributed by atoms with Crippen molar-refractivity contribution in [2.24, 2.45) is 0 Å². The largest absolute Gasteiger partial charge is 0.375 e. The molecule has 122 valence electrons. The van der Waals surface area contributed by atoms with Gasteiger partial charge in [-0.3, -0.25) is 0 Å². The van der Waals surface area contributed by atoms with Gasteiger partial charge in [0.25, 0.3) is 10.2 Å². The topological polar surface area (TPSA) is 49.9 Å². The first-order chi connectivity index (χ1) is 10.5. The number of morpholine rings is 1. The van der Waals surface area contributed by atoms with Crippen LogP contribution in [-0.2, 0) is 27.8 Å². The van der Waals surface area contributed by atoms with Crippen molar-refractivity contribution in [3.05, 3.63) is 35.4 Å². The van der Waals surface area contributed by atoms with Crippen LogP contribution in [0.3, 0.4) is 0 Å². The average molecular weight is 324 g/mol. The summed E-state index contributed by atoms with van der Waals surface area (Å²) >= 11 is 0. The summed E-state index contributed by atoms with van der Waals surface area (Å²) in [6, 6.07) is 8.14. The second-order valence-electron chi connectivity index (χ2n) is 6.24. The summed E-state index contributed by atoms with van der Waals surface area (Å²) in [4.78, 5) is 0. The maximum Gasteiger partial charge on any atom is 0.282 e. The van der Waals surface area contributed by atoms with Crippen molar-refractivity contribution in [3.63, 3.8) is 0 Å². The van der Waals surface area contributed by atoms with Gasteiger partial charge in [-0.15, -0.1) is 0 Å². The molecule has 0 spiro atoms. The van der Waals surface area contributed by atoms with Crippen molar-refractivity contribution in [1.29, 1.82) is 0 Å². The van der Waals surface area contributed by atoms with Crippen LogP contribution >= 0.6 is 0 Å². The molecule has 1 aromatic carbocycles. The van der Waals surface area contributed by atoms with Crippen LogP contribution < -0.4 is 0 Å². The minimum Gasteiger partial charge on any atom is -0.375 e. The Balaban J connectivity index is 1.79. The molecule has 1 saturated heterocycles. The molecule has 1 aromatic rings. The van der Waals surface area contributed by atoms with Gasteiger partial charge >= 0.3 is 0 Å². The van der Waals surface area contributed by atoms with Crippen molar-refractivity contribution in [1.82, 2.24) is 8.61 Å². The van der Waals surface area contributed by atoms with E-state index in [1.165, 1.54) is 11.1 Å². The van der Waals surface area contributed by atoms with Crippen LogP contribution in [0.15, 0.2) is 24.3 Å². The number of nitrogens with zero attached hydrogens (tertiary/aromatic N) is 2. The van der Waals surface area contributed by atoms with Crippen LogP contribution in [0.1, 0.15) is 25.0 Å². The van der Waals surface area contributed by atoms with Gasteiger partial charge in [-0.2, -0.15) is 17.0 Å². The Hall–Kier alpha value is -0.950. The molecular formula is C16H24N2O3S. The molecule has 2 heterocycles. The highest BCUT2D eigenvalue weighted by Crippen LogP contribution is 2.22. The molecule has 3 rings (SSSR count). The van der Waals surface area contributed by atoms with Gasteiger partial charge < -0.3 is 4.74 Å². The molecule has 0 aromatic heterocycles. The molecule has 5 nitrogen and oxygen atoms in total.